The molecule has 0 aromatic heterocycles. The van der Waals surface area contributed by atoms with Crippen molar-refractivity contribution < 1.29 is 0 Å². The van der Waals surface area contributed by atoms with Gasteiger partial charge in [0.15, 0.2) is 0 Å². The van der Waals surface area contributed by atoms with Crippen LogP contribution in [0.5, 0.6) is 0 Å². The first kappa shape index (κ1) is 7.57. The maximum absolute atomic E-state index is 3.41. The molecule has 1 nitrogen and oxygen atoms in total. The lowest BCUT2D eigenvalue weighted by molar-refractivity contribution is 0.643. The van der Waals surface area contributed by atoms with Crippen LogP contribution in [0.4, 0.5) is 0 Å². The average Bonchev–Trinajstić information content (AvgIpc) is 3.00. The van der Waals surface area contributed by atoms with Crippen molar-refractivity contribution in [2.45, 2.75) is 31.7 Å². The van der Waals surface area contributed by atoms with Gasteiger partial charge in [-0.05, 0) is 48.4 Å². The van der Waals surface area contributed by atoms with Crippen LogP contribution in [0.25, 0.3) is 0 Å². The molecular weight excluding hydrogens is 158 g/mol. The van der Waals surface area contributed by atoms with E-state index < -0.39 is 0 Å². The summed E-state index contributed by atoms with van der Waals surface area (Å²) < 4.78 is 0. The Morgan fingerprint density at radius 3 is 2.92 bits per heavy atom. The van der Waals surface area contributed by atoms with Crippen LogP contribution in [0.2, 0.25) is 0 Å². The molecule has 1 aromatic carbocycles. The van der Waals surface area contributed by atoms with Gasteiger partial charge < -0.3 is 5.32 Å². The van der Waals surface area contributed by atoms with Gasteiger partial charge in [-0.3, -0.25) is 0 Å². The summed E-state index contributed by atoms with van der Waals surface area (Å²) in [6, 6.07) is 7.08. The van der Waals surface area contributed by atoms with E-state index >= 15 is 0 Å². The molecule has 1 aliphatic carbocycles. The molecule has 1 aromatic rings. The minimum Gasteiger partial charge on any atom is -0.312 e. The summed E-state index contributed by atoms with van der Waals surface area (Å²) in [7, 11) is 0. The number of nitrogens with one attached hydrogen (secondary N) is 1. The molecule has 1 aliphatic heterocycles. The first-order chi connectivity index (χ1) is 6.43. The van der Waals surface area contributed by atoms with Gasteiger partial charge in [0.2, 0.25) is 0 Å². The standard InChI is InChI=1S/C12H15N/c1-2-9(1)10-3-4-12-8-13-6-5-11(12)7-10/h3-4,7,9,13H,1-2,5-6,8H2. The molecule has 0 unspecified atom stereocenters. The van der Waals surface area contributed by atoms with Crippen molar-refractivity contribution in [2.75, 3.05) is 6.54 Å². The van der Waals surface area contributed by atoms with E-state index in [1.165, 1.54) is 24.8 Å². The van der Waals surface area contributed by atoms with Crippen LogP contribution in [0, 0.1) is 0 Å². The van der Waals surface area contributed by atoms with Gasteiger partial charge in [0.05, 0.1) is 0 Å². The second-order valence-corrected chi connectivity index (χ2v) is 4.23. The minimum absolute atomic E-state index is 0.903. The zero-order valence-corrected chi connectivity index (χ0v) is 7.84. The Balaban J connectivity index is 1.98. The van der Waals surface area contributed by atoms with Gasteiger partial charge in [-0.2, -0.15) is 0 Å². The van der Waals surface area contributed by atoms with Gasteiger partial charge in [-0.25, -0.2) is 0 Å². The third-order valence-electron chi connectivity index (χ3n) is 3.17. The van der Waals surface area contributed by atoms with Crippen molar-refractivity contribution in [3.63, 3.8) is 0 Å². The molecule has 2 aliphatic rings. The molecule has 1 fully saturated rings. The fourth-order valence-electron chi connectivity index (χ4n) is 2.17. The van der Waals surface area contributed by atoms with E-state index in [9.17, 15) is 0 Å². The summed E-state index contributed by atoms with van der Waals surface area (Å²) in [5.74, 6) is 0.903. The monoisotopic (exact) mass is 173 g/mol. The summed E-state index contributed by atoms with van der Waals surface area (Å²) in [6.45, 7) is 2.22. The van der Waals surface area contributed by atoms with Crippen LogP contribution in [0.15, 0.2) is 18.2 Å². The third-order valence-corrected chi connectivity index (χ3v) is 3.17. The fourth-order valence-corrected chi connectivity index (χ4v) is 2.17. The van der Waals surface area contributed by atoms with Crippen molar-refractivity contribution in [2.24, 2.45) is 0 Å². The second-order valence-electron chi connectivity index (χ2n) is 4.23. The smallest absolute Gasteiger partial charge is 0.0208 e. The second kappa shape index (κ2) is 2.85. The van der Waals surface area contributed by atoms with E-state index in [2.05, 4.69) is 23.5 Å². The predicted molar refractivity (Wildman–Crippen MR) is 53.8 cm³/mol. The quantitative estimate of drug-likeness (QED) is 0.686. The Bertz CT molecular complexity index is 326. The molecule has 0 spiro atoms. The van der Waals surface area contributed by atoms with Crippen molar-refractivity contribution in [1.82, 2.24) is 5.32 Å². The van der Waals surface area contributed by atoms with Gasteiger partial charge in [-0.15, -0.1) is 0 Å². The molecule has 1 heterocycles. The molecule has 3 rings (SSSR count). The van der Waals surface area contributed by atoms with Gasteiger partial charge in [0.25, 0.3) is 0 Å². The summed E-state index contributed by atoms with van der Waals surface area (Å²) >= 11 is 0. The summed E-state index contributed by atoms with van der Waals surface area (Å²) in [4.78, 5) is 0. The van der Waals surface area contributed by atoms with Crippen molar-refractivity contribution in [1.29, 1.82) is 0 Å². The fraction of sp³-hybridized carbons (Fsp3) is 0.500. The van der Waals surface area contributed by atoms with E-state index in [1.54, 1.807) is 11.1 Å². The number of hydrogen-bond donors (Lipinski definition) is 1. The topological polar surface area (TPSA) is 12.0 Å². The molecule has 0 amide bonds. The third kappa shape index (κ3) is 1.37. The summed E-state index contributed by atoms with van der Waals surface area (Å²) in [5, 5.41) is 3.41. The van der Waals surface area contributed by atoms with Crippen LogP contribution in [0.3, 0.4) is 0 Å². The molecular formula is C12H15N. The van der Waals surface area contributed by atoms with E-state index in [4.69, 9.17) is 0 Å². The number of hydrogen-bond acceptors (Lipinski definition) is 1. The van der Waals surface area contributed by atoms with Crippen LogP contribution in [0.1, 0.15) is 35.4 Å². The molecule has 0 saturated heterocycles. The zero-order valence-electron chi connectivity index (χ0n) is 7.84. The van der Waals surface area contributed by atoms with E-state index in [-0.39, 0.29) is 0 Å². The van der Waals surface area contributed by atoms with Gasteiger partial charge in [0, 0.05) is 6.54 Å². The highest BCUT2D eigenvalue weighted by Crippen LogP contribution is 2.40. The Morgan fingerprint density at radius 1 is 1.15 bits per heavy atom. The molecule has 13 heavy (non-hydrogen) atoms. The lowest BCUT2D eigenvalue weighted by atomic mass is 9.97. The lowest BCUT2D eigenvalue weighted by Crippen LogP contribution is -2.23. The Kier molecular flexibility index (Phi) is 1.66. The average molecular weight is 173 g/mol. The van der Waals surface area contributed by atoms with Crippen LogP contribution in [-0.2, 0) is 13.0 Å². The highest BCUT2D eigenvalue weighted by atomic mass is 14.9. The SMILES string of the molecule is c1cc2c(cc1C1CC1)CCNC2. The zero-order chi connectivity index (χ0) is 8.67. The van der Waals surface area contributed by atoms with Crippen molar-refractivity contribution >= 4 is 0 Å². The van der Waals surface area contributed by atoms with Crippen LogP contribution < -0.4 is 5.32 Å². The van der Waals surface area contributed by atoms with Crippen molar-refractivity contribution in [3.05, 3.63) is 34.9 Å². The number of fused-ring (bicyclic) bond motifs is 1. The maximum Gasteiger partial charge on any atom is 0.0208 e. The molecule has 0 bridgehead atoms. The highest BCUT2D eigenvalue weighted by molar-refractivity contribution is 5.36. The van der Waals surface area contributed by atoms with E-state index in [0.717, 1.165) is 19.0 Å². The minimum atomic E-state index is 0.903. The van der Waals surface area contributed by atoms with E-state index in [0.29, 0.717) is 0 Å². The molecule has 1 heteroatoms. The molecule has 1 saturated carbocycles. The van der Waals surface area contributed by atoms with Gasteiger partial charge in [-0.1, -0.05) is 18.2 Å². The molecule has 68 valence electrons. The Morgan fingerprint density at radius 2 is 2.08 bits per heavy atom. The largest absolute Gasteiger partial charge is 0.312 e. The molecule has 0 radical (unpaired) electrons. The number of benzene rings is 1. The van der Waals surface area contributed by atoms with Gasteiger partial charge in [0.1, 0.15) is 0 Å². The lowest BCUT2D eigenvalue weighted by Gasteiger charge is -2.17. The van der Waals surface area contributed by atoms with E-state index in [1.807, 2.05) is 0 Å². The predicted octanol–water partition coefficient (Wildman–Crippen LogP) is 2.21. The normalized spacial score (nSPS) is 21.2. The van der Waals surface area contributed by atoms with Crippen LogP contribution in [-0.4, -0.2) is 6.54 Å². The van der Waals surface area contributed by atoms with Crippen molar-refractivity contribution in [3.8, 4) is 0 Å². The molecule has 1 N–H and O–H groups in total. The summed E-state index contributed by atoms with van der Waals surface area (Å²) in [6.07, 6.45) is 4.05. The highest BCUT2D eigenvalue weighted by Gasteiger charge is 2.24. The first-order valence-corrected chi connectivity index (χ1v) is 5.26. The van der Waals surface area contributed by atoms with Crippen LogP contribution >= 0.6 is 0 Å². The first-order valence-electron chi connectivity index (χ1n) is 5.26. The Hall–Kier alpha value is -0.820. The number of rotatable bonds is 1. The Labute approximate surface area is 79.2 Å². The van der Waals surface area contributed by atoms with Gasteiger partial charge >= 0.3 is 0 Å². The maximum atomic E-state index is 3.41. The summed E-state index contributed by atoms with van der Waals surface area (Å²) in [5.41, 5.74) is 4.68. The molecule has 0 atom stereocenters.